The molecule has 22 heavy (non-hydrogen) atoms. The van der Waals surface area contributed by atoms with E-state index in [0.29, 0.717) is 21.9 Å². The van der Waals surface area contributed by atoms with Crippen LogP contribution in [0.15, 0.2) is 46.9 Å². The van der Waals surface area contributed by atoms with Crippen molar-refractivity contribution in [1.82, 2.24) is 0 Å². The highest BCUT2D eigenvalue weighted by atomic mass is 35.5. The Morgan fingerprint density at radius 2 is 2.05 bits per heavy atom. The zero-order valence-electron chi connectivity index (χ0n) is 11.7. The minimum atomic E-state index is -0.375. The third-order valence-corrected chi connectivity index (χ3v) is 3.67. The number of halogens is 1. The first-order valence-electron chi connectivity index (χ1n) is 6.59. The number of nitrogens with zero attached hydrogens (tertiary/aromatic N) is 1. The van der Waals surface area contributed by atoms with E-state index < -0.39 is 0 Å². The molecule has 0 unspecified atom stereocenters. The second-order valence-electron chi connectivity index (χ2n) is 4.82. The van der Waals surface area contributed by atoms with E-state index in [4.69, 9.17) is 21.3 Å². The number of benzene rings is 2. The molecule has 0 saturated carbocycles. The number of anilines is 1. The van der Waals surface area contributed by atoms with E-state index in [1.165, 1.54) is 0 Å². The molecular weight excluding hydrogens is 300 g/mol. The van der Waals surface area contributed by atoms with Crippen LogP contribution in [0.25, 0.3) is 11.0 Å². The van der Waals surface area contributed by atoms with Crippen molar-refractivity contribution in [3.63, 3.8) is 0 Å². The average molecular weight is 311 g/mol. The number of nitriles is 1. The van der Waals surface area contributed by atoms with Crippen LogP contribution in [0, 0.1) is 18.3 Å². The van der Waals surface area contributed by atoms with E-state index in [1.807, 2.05) is 25.1 Å². The normalized spacial score (nSPS) is 10.4. The summed E-state index contributed by atoms with van der Waals surface area (Å²) in [7, 11) is 0. The van der Waals surface area contributed by atoms with Gasteiger partial charge in [0.1, 0.15) is 0 Å². The predicted octanol–water partition coefficient (Wildman–Crippen LogP) is 4.52. The number of hydrogen-bond acceptors (Lipinski definition) is 3. The molecule has 0 spiro atoms. The lowest BCUT2D eigenvalue weighted by molar-refractivity contribution is 0.0998. The number of fused-ring (bicyclic) bond motifs is 1. The number of para-hydroxylation sites is 1. The third kappa shape index (κ3) is 2.43. The van der Waals surface area contributed by atoms with Gasteiger partial charge < -0.3 is 9.73 Å². The van der Waals surface area contributed by atoms with Gasteiger partial charge in [-0.1, -0.05) is 29.8 Å². The van der Waals surface area contributed by atoms with E-state index in [9.17, 15) is 4.79 Å². The topological polar surface area (TPSA) is 66.0 Å². The lowest BCUT2D eigenvalue weighted by Crippen LogP contribution is -2.12. The van der Waals surface area contributed by atoms with Crippen LogP contribution in [0.2, 0.25) is 5.02 Å². The second kappa shape index (κ2) is 5.55. The minimum absolute atomic E-state index is 0.213. The summed E-state index contributed by atoms with van der Waals surface area (Å²) in [5.74, 6) is -0.162. The summed E-state index contributed by atoms with van der Waals surface area (Å²) in [6.45, 7) is 1.81. The van der Waals surface area contributed by atoms with Crippen molar-refractivity contribution in [1.29, 1.82) is 5.26 Å². The molecule has 1 amide bonds. The van der Waals surface area contributed by atoms with Gasteiger partial charge >= 0.3 is 0 Å². The number of furan rings is 1. The maximum atomic E-state index is 12.4. The minimum Gasteiger partial charge on any atom is -0.449 e. The summed E-state index contributed by atoms with van der Waals surface area (Å²) in [4.78, 5) is 12.4. The number of rotatable bonds is 2. The van der Waals surface area contributed by atoms with Gasteiger partial charge in [-0.15, -0.1) is 0 Å². The summed E-state index contributed by atoms with van der Waals surface area (Å²) < 4.78 is 5.61. The van der Waals surface area contributed by atoms with E-state index in [0.717, 1.165) is 10.9 Å². The number of nitrogens with one attached hydrogen (secondary N) is 1. The van der Waals surface area contributed by atoms with Gasteiger partial charge in [0.25, 0.3) is 5.91 Å². The summed E-state index contributed by atoms with van der Waals surface area (Å²) in [6.07, 6.45) is 0. The first kappa shape index (κ1) is 14.2. The summed E-state index contributed by atoms with van der Waals surface area (Å²) in [6, 6.07) is 14.1. The molecule has 0 fully saturated rings. The van der Waals surface area contributed by atoms with Crippen LogP contribution >= 0.6 is 11.6 Å². The molecular formula is C17H11ClN2O2. The van der Waals surface area contributed by atoms with Gasteiger partial charge in [0, 0.05) is 16.6 Å². The van der Waals surface area contributed by atoms with Gasteiger partial charge in [0.2, 0.25) is 0 Å². The molecule has 4 nitrogen and oxygen atoms in total. The molecule has 0 bridgehead atoms. The Bertz CT molecular complexity index is 922. The number of hydrogen-bond donors (Lipinski definition) is 1. The molecule has 1 N–H and O–H groups in total. The fourth-order valence-corrected chi connectivity index (χ4v) is 2.49. The Kier molecular flexibility index (Phi) is 3.58. The van der Waals surface area contributed by atoms with Crippen molar-refractivity contribution in [2.45, 2.75) is 6.92 Å². The van der Waals surface area contributed by atoms with Crippen LogP contribution in [-0.4, -0.2) is 5.91 Å². The van der Waals surface area contributed by atoms with Gasteiger partial charge in [-0.05, 0) is 31.2 Å². The molecule has 3 rings (SSSR count). The Morgan fingerprint density at radius 1 is 1.27 bits per heavy atom. The van der Waals surface area contributed by atoms with Crippen LogP contribution in [0.4, 0.5) is 5.69 Å². The van der Waals surface area contributed by atoms with Gasteiger partial charge in [-0.2, -0.15) is 5.26 Å². The molecule has 0 aliphatic rings. The maximum Gasteiger partial charge on any atom is 0.291 e. The zero-order valence-corrected chi connectivity index (χ0v) is 12.4. The Balaban J connectivity index is 1.97. The molecule has 3 aromatic rings. The van der Waals surface area contributed by atoms with Crippen LogP contribution < -0.4 is 5.32 Å². The molecule has 0 atom stereocenters. The highest BCUT2D eigenvalue weighted by Gasteiger charge is 2.19. The monoisotopic (exact) mass is 310 g/mol. The van der Waals surface area contributed by atoms with Gasteiger partial charge in [0.15, 0.2) is 11.3 Å². The third-order valence-electron chi connectivity index (χ3n) is 3.37. The van der Waals surface area contributed by atoms with Crippen LogP contribution in [0.3, 0.4) is 0 Å². The van der Waals surface area contributed by atoms with Gasteiger partial charge in [0.05, 0.1) is 16.7 Å². The van der Waals surface area contributed by atoms with E-state index in [1.54, 1.807) is 30.3 Å². The molecule has 2 aromatic carbocycles. The first-order valence-corrected chi connectivity index (χ1v) is 6.97. The molecule has 1 aromatic heterocycles. The summed E-state index contributed by atoms with van der Waals surface area (Å²) in [5.41, 5.74) is 2.24. The quantitative estimate of drug-likeness (QED) is 0.756. The lowest BCUT2D eigenvalue weighted by atomic mass is 10.1. The zero-order chi connectivity index (χ0) is 15.7. The largest absolute Gasteiger partial charge is 0.449 e. The number of amides is 1. The molecule has 5 heteroatoms. The van der Waals surface area contributed by atoms with Crippen LogP contribution in [0.1, 0.15) is 21.7 Å². The van der Waals surface area contributed by atoms with Crippen LogP contribution in [-0.2, 0) is 0 Å². The lowest BCUT2D eigenvalue weighted by Gasteiger charge is -2.03. The Morgan fingerprint density at radius 3 is 2.77 bits per heavy atom. The summed E-state index contributed by atoms with van der Waals surface area (Å²) in [5, 5.41) is 12.9. The van der Waals surface area contributed by atoms with E-state index in [-0.39, 0.29) is 11.7 Å². The smallest absolute Gasteiger partial charge is 0.291 e. The summed E-state index contributed by atoms with van der Waals surface area (Å²) >= 11 is 6.09. The van der Waals surface area contributed by atoms with Gasteiger partial charge in [-0.25, -0.2) is 0 Å². The molecule has 108 valence electrons. The maximum absolute atomic E-state index is 12.4. The Hall–Kier alpha value is -2.77. The van der Waals surface area contributed by atoms with Crippen molar-refractivity contribution in [3.8, 4) is 6.07 Å². The van der Waals surface area contributed by atoms with Crippen molar-refractivity contribution < 1.29 is 9.21 Å². The fraction of sp³-hybridized carbons (Fsp3) is 0.0588. The molecule has 0 saturated heterocycles. The SMILES string of the molecule is Cc1c(C(=O)Nc2cccc(C#N)c2)oc2c(Cl)cccc12. The van der Waals surface area contributed by atoms with Crippen molar-refractivity contribution in [2.75, 3.05) is 5.32 Å². The number of aryl methyl sites for hydroxylation is 1. The first-order chi connectivity index (χ1) is 10.6. The molecule has 0 aliphatic heterocycles. The Labute approximate surface area is 131 Å². The fourth-order valence-electron chi connectivity index (χ4n) is 2.28. The molecule has 0 radical (unpaired) electrons. The van der Waals surface area contributed by atoms with E-state index in [2.05, 4.69) is 5.32 Å². The molecule has 0 aliphatic carbocycles. The highest BCUT2D eigenvalue weighted by Crippen LogP contribution is 2.31. The van der Waals surface area contributed by atoms with Crippen molar-refractivity contribution in [3.05, 3.63) is 64.4 Å². The molecule has 1 heterocycles. The second-order valence-corrected chi connectivity index (χ2v) is 5.23. The van der Waals surface area contributed by atoms with Crippen LogP contribution in [0.5, 0.6) is 0 Å². The number of carbonyl (C=O) groups is 1. The highest BCUT2D eigenvalue weighted by molar-refractivity contribution is 6.35. The van der Waals surface area contributed by atoms with Crippen molar-refractivity contribution in [2.24, 2.45) is 0 Å². The predicted molar refractivity (Wildman–Crippen MR) is 85.1 cm³/mol. The average Bonchev–Trinajstić information content (AvgIpc) is 2.86. The van der Waals surface area contributed by atoms with Gasteiger partial charge in [-0.3, -0.25) is 4.79 Å². The standard InChI is InChI=1S/C17H11ClN2O2/c1-10-13-6-3-7-14(18)16(13)22-15(10)17(21)20-12-5-2-4-11(8-12)9-19/h2-8H,1H3,(H,20,21). The van der Waals surface area contributed by atoms with E-state index >= 15 is 0 Å². The van der Waals surface area contributed by atoms with Crippen molar-refractivity contribution >= 4 is 34.2 Å². The number of carbonyl (C=O) groups excluding carboxylic acids is 1.